The maximum atomic E-state index is 12.8. The van der Waals surface area contributed by atoms with E-state index in [2.05, 4.69) is 24.7 Å². The van der Waals surface area contributed by atoms with Gasteiger partial charge in [-0.05, 0) is 48.2 Å². The Morgan fingerprint density at radius 2 is 1.76 bits per heavy atom. The van der Waals surface area contributed by atoms with Crippen molar-refractivity contribution in [3.05, 3.63) is 65.5 Å². The maximum Gasteiger partial charge on any atom is 0.276 e. The Morgan fingerprint density at radius 1 is 1.08 bits per heavy atom. The van der Waals surface area contributed by atoms with Gasteiger partial charge in [0.15, 0.2) is 6.61 Å². The number of hydrogen-bond acceptors (Lipinski definition) is 3. The lowest BCUT2D eigenvalue weighted by molar-refractivity contribution is -0.123. The van der Waals surface area contributed by atoms with E-state index in [1.807, 2.05) is 24.3 Å². The molecule has 0 radical (unpaired) electrons. The van der Waals surface area contributed by atoms with Gasteiger partial charge in [-0.15, -0.1) is 0 Å². The smallest absolute Gasteiger partial charge is 0.276 e. The van der Waals surface area contributed by atoms with Crippen molar-refractivity contribution in [2.45, 2.75) is 26.2 Å². The number of hydrazine groups is 1. The zero-order chi connectivity index (χ0) is 18.2. The van der Waals surface area contributed by atoms with Crippen LogP contribution in [0.4, 0.5) is 4.39 Å². The molecular weight excluding hydrogens is 323 g/mol. The first-order valence-corrected chi connectivity index (χ1v) is 8.07. The van der Waals surface area contributed by atoms with Crippen molar-refractivity contribution in [3.63, 3.8) is 0 Å². The first-order chi connectivity index (χ1) is 12.0. The van der Waals surface area contributed by atoms with Crippen LogP contribution >= 0.6 is 0 Å². The molecule has 132 valence electrons. The van der Waals surface area contributed by atoms with E-state index in [9.17, 15) is 14.0 Å². The van der Waals surface area contributed by atoms with Gasteiger partial charge in [0.05, 0.1) is 0 Å². The molecule has 2 N–H and O–H groups in total. The van der Waals surface area contributed by atoms with Crippen molar-refractivity contribution in [2.75, 3.05) is 6.61 Å². The highest BCUT2D eigenvalue weighted by molar-refractivity contribution is 5.95. The molecule has 25 heavy (non-hydrogen) atoms. The lowest BCUT2D eigenvalue weighted by Crippen LogP contribution is -2.43. The highest BCUT2D eigenvalue weighted by atomic mass is 19.1. The molecule has 0 aliphatic carbocycles. The van der Waals surface area contributed by atoms with E-state index in [0.29, 0.717) is 11.7 Å². The minimum Gasteiger partial charge on any atom is -0.483 e. The van der Waals surface area contributed by atoms with Gasteiger partial charge in [-0.3, -0.25) is 20.4 Å². The monoisotopic (exact) mass is 344 g/mol. The van der Waals surface area contributed by atoms with Crippen LogP contribution < -0.4 is 15.6 Å². The van der Waals surface area contributed by atoms with Gasteiger partial charge in [-0.1, -0.05) is 32.0 Å². The summed E-state index contributed by atoms with van der Waals surface area (Å²) in [5.41, 5.74) is 5.81. The predicted molar refractivity (Wildman–Crippen MR) is 92.7 cm³/mol. The second kappa shape index (κ2) is 8.82. The first-order valence-electron chi connectivity index (χ1n) is 8.07. The lowest BCUT2D eigenvalue weighted by Gasteiger charge is -2.15. The molecule has 0 saturated heterocycles. The quantitative estimate of drug-likeness (QED) is 0.791. The Kier molecular flexibility index (Phi) is 6.51. The SMILES string of the molecule is CCC(C)c1ccccc1OCC(=O)NNC(=O)c1ccc(F)cc1. The van der Waals surface area contributed by atoms with Crippen LogP contribution in [-0.4, -0.2) is 18.4 Å². The topological polar surface area (TPSA) is 67.4 Å². The number of ether oxygens (including phenoxy) is 1. The average molecular weight is 344 g/mol. The van der Waals surface area contributed by atoms with Crippen LogP contribution in [0.2, 0.25) is 0 Å². The van der Waals surface area contributed by atoms with Crippen molar-refractivity contribution in [1.82, 2.24) is 10.9 Å². The summed E-state index contributed by atoms with van der Waals surface area (Å²) in [6.45, 7) is 3.95. The van der Waals surface area contributed by atoms with E-state index >= 15 is 0 Å². The van der Waals surface area contributed by atoms with Crippen molar-refractivity contribution in [3.8, 4) is 5.75 Å². The van der Waals surface area contributed by atoms with E-state index < -0.39 is 17.6 Å². The second-order valence-corrected chi connectivity index (χ2v) is 5.64. The van der Waals surface area contributed by atoms with E-state index in [0.717, 1.165) is 12.0 Å². The summed E-state index contributed by atoms with van der Waals surface area (Å²) in [5.74, 6) is -0.494. The van der Waals surface area contributed by atoms with Crippen LogP contribution in [0.1, 0.15) is 42.1 Å². The summed E-state index contributed by atoms with van der Waals surface area (Å²) >= 11 is 0. The molecule has 0 aromatic heterocycles. The Morgan fingerprint density at radius 3 is 2.44 bits per heavy atom. The number of amides is 2. The van der Waals surface area contributed by atoms with Crippen LogP contribution in [0.3, 0.4) is 0 Å². The lowest BCUT2D eigenvalue weighted by atomic mass is 9.98. The largest absolute Gasteiger partial charge is 0.483 e. The van der Waals surface area contributed by atoms with Gasteiger partial charge in [0.25, 0.3) is 11.8 Å². The van der Waals surface area contributed by atoms with Crippen molar-refractivity contribution >= 4 is 11.8 Å². The van der Waals surface area contributed by atoms with Crippen LogP contribution in [0.15, 0.2) is 48.5 Å². The van der Waals surface area contributed by atoms with Crippen LogP contribution in [0.25, 0.3) is 0 Å². The van der Waals surface area contributed by atoms with E-state index in [-0.39, 0.29) is 12.2 Å². The molecular formula is C19H21FN2O3. The van der Waals surface area contributed by atoms with Crippen molar-refractivity contribution in [2.24, 2.45) is 0 Å². The highest BCUT2D eigenvalue weighted by Crippen LogP contribution is 2.28. The fraction of sp³-hybridized carbons (Fsp3) is 0.263. The number of nitrogens with one attached hydrogen (secondary N) is 2. The molecule has 6 heteroatoms. The minimum atomic E-state index is -0.534. The highest BCUT2D eigenvalue weighted by Gasteiger charge is 2.12. The normalized spacial score (nSPS) is 11.5. The molecule has 0 saturated carbocycles. The molecule has 0 aliphatic heterocycles. The molecule has 0 spiro atoms. The Hall–Kier alpha value is -2.89. The third kappa shape index (κ3) is 5.31. The van der Waals surface area contributed by atoms with Gasteiger partial charge in [0.2, 0.25) is 0 Å². The molecule has 0 bridgehead atoms. The van der Waals surface area contributed by atoms with Crippen LogP contribution in [-0.2, 0) is 4.79 Å². The summed E-state index contributed by atoms with van der Waals surface area (Å²) in [5, 5.41) is 0. The summed E-state index contributed by atoms with van der Waals surface area (Å²) in [6.07, 6.45) is 0.959. The number of benzene rings is 2. The number of para-hydroxylation sites is 1. The first kappa shape index (κ1) is 18.4. The predicted octanol–water partition coefficient (Wildman–Crippen LogP) is 3.18. The molecule has 0 aliphatic rings. The van der Waals surface area contributed by atoms with Gasteiger partial charge in [-0.25, -0.2) is 4.39 Å². The minimum absolute atomic E-state index is 0.225. The van der Waals surface area contributed by atoms with Gasteiger partial charge >= 0.3 is 0 Å². The number of halogens is 1. The van der Waals surface area contributed by atoms with E-state index in [1.54, 1.807) is 0 Å². The summed E-state index contributed by atoms with van der Waals surface area (Å²) < 4.78 is 18.4. The molecule has 2 amide bonds. The molecule has 2 aromatic carbocycles. The molecule has 1 atom stereocenters. The third-order valence-corrected chi connectivity index (χ3v) is 3.84. The second-order valence-electron chi connectivity index (χ2n) is 5.64. The molecule has 5 nitrogen and oxygen atoms in total. The maximum absolute atomic E-state index is 12.8. The molecule has 1 unspecified atom stereocenters. The van der Waals surface area contributed by atoms with Crippen molar-refractivity contribution in [1.29, 1.82) is 0 Å². The molecule has 0 heterocycles. The fourth-order valence-corrected chi connectivity index (χ4v) is 2.22. The van der Waals surface area contributed by atoms with Gasteiger partial charge in [0.1, 0.15) is 11.6 Å². The molecule has 2 aromatic rings. The molecule has 0 fully saturated rings. The molecule has 2 rings (SSSR count). The zero-order valence-corrected chi connectivity index (χ0v) is 14.2. The number of hydrogen-bond donors (Lipinski definition) is 2. The summed E-state index contributed by atoms with van der Waals surface area (Å²) in [4.78, 5) is 23.7. The van der Waals surface area contributed by atoms with Crippen molar-refractivity contribution < 1.29 is 18.7 Å². The third-order valence-electron chi connectivity index (χ3n) is 3.84. The van der Waals surface area contributed by atoms with Gasteiger partial charge in [0, 0.05) is 5.56 Å². The Balaban J connectivity index is 1.85. The van der Waals surface area contributed by atoms with Gasteiger partial charge < -0.3 is 4.74 Å². The van der Waals surface area contributed by atoms with Crippen LogP contribution in [0.5, 0.6) is 5.75 Å². The average Bonchev–Trinajstić information content (AvgIpc) is 2.64. The van der Waals surface area contributed by atoms with Gasteiger partial charge in [-0.2, -0.15) is 0 Å². The number of carbonyl (C=O) groups is 2. The fourth-order valence-electron chi connectivity index (χ4n) is 2.22. The zero-order valence-electron chi connectivity index (χ0n) is 14.2. The number of carbonyl (C=O) groups excluding carboxylic acids is 2. The van der Waals surface area contributed by atoms with E-state index in [4.69, 9.17) is 4.74 Å². The Labute approximate surface area is 146 Å². The standard InChI is InChI=1S/C19H21FN2O3/c1-3-13(2)16-6-4-5-7-17(16)25-12-18(23)21-22-19(24)14-8-10-15(20)11-9-14/h4-11,13H,3,12H2,1-2H3,(H,21,23)(H,22,24). The summed E-state index contributed by atoms with van der Waals surface area (Å²) in [7, 11) is 0. The summed E-state index contributed by atoms with van der Waals surface area (Å²) in [6, 6.07) is 12.6. The Bertz CT molecular complexity index is 732. The van der Waals surface area contributed by atoms with Crippen LogP contribution in [0, 0.1) is 5.82 Å². The van der Waals surface area contributed by atoms with E-state index in [1.165, 1.54) is 24.3 Å². The number of rotatable bonds is 6.